The van der Waals surface area contributed by atoms with E-state index in [1.807, 2.05) is 69.1 Å². The highest BCUT2D eigenvalue weighted by molar-refractivity contribution is 5.83. The Morgan fingerprint density at radius 3 is 2.38 bits per heavy atom. The number of hydrogen-bond acceptors (Lipinski definition) is 7. The number of halogens is 3. The number of aryl methyl sites for hydroxylation is 2. The molecule has 3 aromatic rings. The molecule has 0 radical (unpaired) electrons. The zero-order valence-electron chi connectivity index (χ0n) is 26.4. The molecule has 45 heavy (non-hydrogen) atoms. The molecular weight excluding hydrogens is 581 g/mol. The van der Waals surface area contributed by atoms with Crippen molar-refractivity contribution >= 4 is 34.7 Å². The maximum absolute atomic E-state index is 13.9. The van der Waals surface area contributed by atoms with Crippen LogP contribution in [-0.2, 0) is 11.0 Å². The summed E-state index contributed by atoms with van der Waals surface area (Å²) in [4.78, 5) is 23.5. The van der Waals surface area contributed by atoms with Crippen LogP contribution in [0.2, 0.25) is 0 Å². The quantitative estimate of drug-likeness (QED) is 0.225. The maximum Gasteiger partial charge on any atom is 0.421 e. The van der Waals surface area contributed by atoms with Crippen molar-refractivity contribution < 1.29 is 22.7 Å². The van der Waals surface area contributed by atoms with Crippen LogP contribution in [-0.4, -0.2) is 47.5 Å². The van der Waals surface area contributed by atoms with Gasteiger partial charge in [0.05, 0.1) is 18.2 Å². The Morgan fingerprint density at radius 1 is 1.07 bits per heavy atom. The molecule has 0 aliphatic heterocycles. The number of hydrogen-bond donors (Lipinski definition) is 3. The monoisotopic (exact) mass is 622 g/mol. The molecule has 4 aliphatic rings. The van der Waals surface area contributed by atoms with E-state index in [0.29, 0.717) is 40.8 Å². The predicted octanol–water partition coefficient (Wildman–Crippen LogP) is 7.69. The molecule has 1 amide bonds. The number of aromatic nitrogens is 2. The number of alkyl halides is 3. The van der Waals surface area contributed by atoms with Crippen LogP contribution in [0, 0.1) is 37.0 Å². The highest BCUT2D eigenvalue weighted by atomic mass is 19.4. The number of carbonyl (C=O) groups is 1. The second-order valence-corrected chi connectivity index (χ2v) is 13.1. The molecule has 0 spiro atoms. The first-order valence-corrected chi connectivity index (χ1v) is 15.7. The van der Waals surface area contributed by atoms with E-state index >= 15 is 0 Å². The number of methoxy groups -OCH3 is 1. The summed E-state index contributed by atoms with van der Waals surface area (Å²) in [6.45, 7) is 6.41. The molecule has 0 saturated heterocycles. The number of amides is 1. The van der Waals surface area contributed by atoms with E-state index in [1.165, 1.54) is 0 Å². The standard InChI is InChI=1S/C34H41F3N6O2/c1-6-43(4)31(44)33-15-21-12-22(16-33)29(23(13-21)17-33)39-24-10-11-26(27(14-24)45-5)40-32-38-18-25(34(35,36)37)30(42-32)41-28-19(2)8-7-9-20(28)3/h7-11,14,18,21-23,29,39H,6,12-13,15-17H2,1-5H3,(H2,38,40,41,42). The van der Waals surface area contributed by atoms with E-state index in [1.54, 1.807) is 7.11 Å². The number of para-hydroxylation sites is 1. The lowest BCUT2D eigenvalue weighted by atomic mass is 9.47. The Balaban J connectivity index is 1.21. The fourth-order valence-corrected chi connectivity index (χ4v) is 8.14. The number of nitrogens with one attached hydrogen (secondary N) is 3. The van der Waals surface area contributed by atoms with Crippen LogP contribution in [0.4, 0.5) is 42.0 Å². The topological polar surface area (TPSA) is 91.4 Å². The van der Waals surface area contributed by atoms with Crippen molar-refractivity contribution in [2.75, 3.05) is 36.7 Å². The fourth-order valence-electron chi connectivity index (χ4n) is 8.14. The minimum Gasteiger partial charge on any atom is -0.494 e. The van der Waals surface area contributed by atoms with E-state index in [9.17, 15) is 18.0 Å². The number of anilines is 5. The van der Waals surface area contributed by atoms with Gasteiger partial charge in [0.25, 0.3) is 0 Å². The molecule has 2 atom stereocenters. The minimum absolute atomic E-state index is 0.00352. The average Bonchev–Trinajstić information content (AvgIpc) is 3.00. The number of rotatable bonds is 9. The van der Waals surface area contributed by atoms with Crippen LogP contribution < -0.4 is 20.7 Å². The molecule has 2 unspecified atom stereocenters. The summed E-state index contributed by atoms with van der Waals surface area (Å²) in [7, 11) is 3.46. The molecule has 1 aromatic heterocycles. The first-order valence-electron chi connectivity index (χ1n) is 15.7. The third-order valence-corrected chi connectivity index (χ3v) is 10.1. The molecule has 11 heteroatoms. The zero-order chi connectivity index (χ0) is 32.1. The summed E-state index contributed by atoms with van der Waals surface area (Å²) in [5.41, 5.74) is 2.41. The third kappa shape index (κ3) is 5.89. The van der Waals surface area contributed by atoms with Gasteiger partial charge in [-0.05, 0) is 93.9 Å². The summed E-state index contributed by atoms with van der Waals surface area (Å²) in [6.07, 6.45) is 1.27. The van der Waals surface area contributed by atoms with E-state index in [0.717, 1.165) is 61.7 Å². The second-order valence-electron chi connectivity index (χ2n) is 13.1. The van der Waals surface area contributed by atoms with Gasteiger partial charge in [-0.25, -0.2) is 4.98 Å². The molecule has 4 fully saturated rings. The van der Waals surface area contributed by atoms with Gasteiger partial charge in [0.2, 0.25) is 11.9 Å². The first kappa shape index (κ1) is 31.0. The lowest BCUT2D eigenvalue weighted by Gasteiger charge is -2.60. The number of nitrogens with zero attached hydrogens (tertiary/aromatic N) is 3. The van der Waals surface area contributed by atoms with Gasteiger partial charge in [-0.1, -0.05) is 18.2 Å². The molecule has 7 rings (SSSR count). The van der Waals surface area contributed by atoms with Crippen molar-refractivity contribution in [2.24, 2.45) is 23.2 Å². The Kier molecular flexibility index (Phi) is 8.07. The Hall–Kier alpha value is -4.02. The van der Waals surface area contributed by atoms with Gasteiger partial charge < -0.3 is 25.6 Å². The molecule has 4 saturated carbocycles. The summed E-state index contributed by atoms with van der Waals surface area (Å²) in [5.74, 6) is 1.94. The van der Waals surface area contributed by atoms with Crippen LogP contribution in [0.5, 0.6) is 5.75 Å². The van der Waals surface area contributed by atoms with Crippen LogP contribution in [0.3, 0.4) is 0 Å². The molecule has 240 valence electrons. The molecule has 3 N–H and O–H groups in total. The molecule has 1 heterocycles. The zero-order valence-corrected chi connectivity index (χ0v) is 26.4. The van der Waals surface area contributed by atoms with Crippen molar-refractivity contribution in [1.82, 2.24) is 14.9 Å². The summed E-state index contributed by atoms with van der Waals surface area (Å²) >= 11 is 0. The normalized spacial score (nSPS) is 25.2. The largest absolute Gasteiger partial charge is 0.494 e. The molecule has 2 aromatic carbocycles. The van der Waals surface area contributed by atoms with Crippen molar-refractivity contribution in [1.29, 1.82) is 0 Å². The number of carbonyl (C=O) groups excluding carboxylic acids is 1. The lowest BCUT2D eigenvalue weighted by molar-refractivity contribution is -0.157. The Morgan fingerprint density at radius 2 is 1.76 bits per heavy atom. The van der Waals surface area contributed by atoms with Crippen molar-refractivity contribution in [2.45, 2.75) is 65.1 Å². The minimum atomic E-state index is -4.64. The second kappa shape index (κ2) is 11.7. The van der Waals surface area contributed by atoms with Crippen molar-refractivity contribution in [3.05, 3.63) is 59.3 Å². The van der Waals surface area contributed by atoms with Crippen molar-refractivity contribution in [3.63, 3.8) is 0 Å². The van der Waals surface area contributed by atoms with Gasteiger partial charge in [0.1, 0.15) is 17.1 Å². The van der Waals surface area contributed by atoms with Gasteiger partial charge in [0, 0.05) is 43.3 Å². The molecular formula is C34H41F3N6O2. The SMILES string of the molecule is CCN(C)C(=O)C12CC3CC(C1)C(Nc1ccc(Nc4ncc(C(F)(F)F)c(Nc5c(C)cccc5C)n4)c(OC)c1)C(C3)C2. The first-order chi connectivity index (χ1) is 21.4. The summed E-state index contributed by atoms with van der Waals surface area (Å²) in [6, 6.07) is 11.4. The Bertz CT molecular complexity index is 1560. The summed E-state index contributed by atoms with van der Waals surface area (Å²) in [5, 5.41) is 9.70. The van der Waals surface area contributed by atoms with Crippen LogP contribution in [0.1, 0.15) is 55.7 Å². The Labute approximate surface area is 262 Å². The highest BCUT2D eigenvalue weighted by Gasteiger charge is 2.58. The fraction of sp³-hybridized carbons (Fsp3) is 0.500. The molecule has 8 nitrogen and oxygen atoms in total. The summed E-state index contributed by atoms with van der Waals surface area (Å²) < 4.78 is 47.4. The van der Waals surface area contributed by atoms with Gasteiger partial charge >= 0.3 is 6.18 Å². The van der Waals surface area contributed by atoms with Crippen LogP contribution in [0.25, 0.3) is 0 Å². The predicted molar refractivity (Wildman–Crippen MR) is 169 cm³/mol. The average molecular weight is 623 g/mol. The van der Waals surface area contributed by atoms with Gasteiger partial charge in [-0.3, -0.25) is 4.79 Å². The molecule has 4 aliphatic carbocycles. The maximum atomic E-state index is 13.9. The van der Waals surface area contributed by atoms with Crippen LogP contribution in [0.15, 0.2) is 42.6 Å². The van der Waals surface area contributed by atoms with Gasteiger partial charge in [-0.2, -0.15) is 18.2 Å². The van der Waals surface area contributed by atoms with Gasteiger partial charge in [0.15, 0.2) is 0 Å². The third-order valence-electron chi connectivity index (χ3n) is 10.1. The van der Waals surface area contributed by atoms with Crippen molar-refractivity contribution in [3.8, 4) is 5.75 Å². The molecule has 4 bridgehead atoms. The van der Waals surface area contributed by atoms with E-state index in [2.05, 4.69) is 25.9 Å². The smallest absolute Gasteiger partial charge is 0.421 e. The highest BCUT2D eigenvalue weighted by Crippen LogP contribution is 2.61. The van der Waals surface area contributed by atoms with E-state index in [-0.39, 0.29) is 23.2 Å². The lowest BCUT2D eigenvalue weighted by Crippen LogP contribution is -2.60. The number of ether oxygens (including phenoxy) is 1. The van der Waals surface area contributed by atoms with Crippen LogP contribution >= 0.6 is 0 Å². The number of benzene rings is 2. The van der Waals surface area contributed by atoms with E-state index < -0.39 is 11.7 Å². The van der Waals surface area contributed by atoms with E-state index in [4.69, 9.17) is 4.74 Å². The van der Waals surface area contributed by atoms with Gasteiger partial charge in [-0.15, -0.1) is 0 Å².